The van der Waals surface area contributed by atoms with Crippen LogP contribution >= 0.6 is 0 Å². The highest BCUT2D eigenvalue weighted by atomic mass is 16.5. The van der Waals surface area contributed by atoms with Crippen molar-refractivity contribution in [3.63, 3.8) is 0 Å². The third-order valence-electron chi connectivity index (χ3n) is 3.33. The standard InChI is InChI=1S/C16H19N3O4/c1-2-19(16(21)22)8-9-23-14-11-15(20)18-17-13(14)10-12-6-4-3-5-7-12/h3-7,11H,2,8-10H2,1H3,(H,18,20)(H,21,22). The second-order valence-corrected chi connectivity index (χ2v) is 4.92. The van der Waals surface area contributed by atoms with E-state index in [1.165, 1.54) is 11.0 Å². The molecule has 1 aromatic carbocycles. The zero-order chi connectivity index (χ0) is 16.7. The number of amides is 1. The van der Waals surface area contributed by atoms with E-state index in [2.05, 4.69) is 10.2 Å². The molecule has 0 fully saturated rings. The molecule has 2 N–H and O–H groups in total. The van der Waals surface area contributed by atoms with E-state index < -0.39 is 6.09 Å². The Morgan fingerprint density at radius 1 is 1.35 bits per heavy atom. The smallest absolute Gasteiger partial charge is 0.407 e. The first-order valence-corrected chi connectivity index (χ1v) is 7.33. The number of nitrogens with zero attached hydrogens (tertiary/aromatic N) is 2. The largest absolute Gasteiger partial charge is 0.490 e. The summed E-state index contributed by atoms with van der Waals surface area (Å²) < 4.78 is 5.59. The maximum absolute atomic E-state index is 11.5. The number of rotatable bonds is 7. The fraction of sp³-hybridized carbons (Fsp3) is 0.312. The van der Waals surface area contributed by atoms with Crippen LogP contribution in [0.1, 0.15) is 18.2 Å². The SMILES string of the molecule is CCN(CCOc1cc(=O)[nH]nc1Cc1ccccc1)C(=O)O. The highest BCUT2D eigenvalue weighted by Crippen LogP contribution is 2.17. The van der Waals surface area contributed by atoms with Gasteiger partial charge >= 0.3 is 6.09 Å². The van der Waals surface area contributed by atoms with Gasteiger partial charge in [-0.05, 0) is 12.5 Å². The van der Waals surface area contributed by atoms with Crippen molar-refractivity contribution in [3.05, 3.63) is 58.0 Å². The van der Waals surface area contributed by atoms with Crippen molar-refractivity contribution in [2.24, 2.45) is 0 Å². The molecule has 0 bridgehead atoms. The van der Waals surface area contributed by atoms with Gasteiger partial charge in [0.25, 0.3) is 5.56 Å². The highest BCUT2D eigenvalue weighted by molar-refractivity contribution is 5.64. The fourth-order valence-electron chi connectivity index (χ4n) is 2.11. The number of likely N-dealkylation sites (N-methyl/N-ethyl adjacent to an activating group) is 1. The number of hydrogen-bond acceptors (Lipinski definition) is 4. The molecule has 23 heavy (non-hydrogen) atoms. The second-order valence-electron chi connectivity index (χ2n) is 4.92. The number of H-pyrrole nitrogens is 1. The third kappa shape index (κ3) is 4.84. The van der Waals surface area contributed by atoms with Gasteiger partial charge in [0.05, 0.1) is 6.54 Å². The zero-order valence-corrected chi connectivity index (χ0v) is 12.9. The van der Waals surface area contributed by atoms with Gasteiger partial charge in [0.15, 0.2) is 0 Å². The summed E-state index contributed by atoms with van der Waals surface area (Å²) in [5.41, 5.74) is 1.29. The van der Waals surface area contributed by atoms with Crippen LogP contribution in [0.2, 0.25) is 0 Å². The van der Waals surface area contributed by atoms with Crippen molar-refractivity contribution in [1.82, 2.24) is 15.1 Å². The van der Waals surface area contributed by atoms with Crippen LogP contribution in [0.15, 0.2) is 41.2 Å². The first-order valence-electron chi connectivity index (χ1n) is 7.33. The quantitative estimate of drug-likeness (QED) is 0.811. The Balaban J connectivity index is 2.07. The number of carboxylic acid groups (broad SMARTS) is 1. The van der Waals surface area contributed by atoms with Gasteiger partial charge in [0, 0.05) is 19.0 Å². The topological polar surface area (TPSA) is 95.5 Å². The second kappa shape index (κ2) is 7.98. The van der Waals surface area contributed by atoms with Crippen LogP contribution in [0.5, 0.6) is 5.75 Å². The fourth-order valence-corrected chi connectivity index (χ4v) is 2.11. The van der Waals surface area contributed by atoms with Gasteiger partial charge in [-0.15, -0.1) is 0 Å². The Hall–Kier alpha value is -2.83. The molecule has 1 heterocycles. The van der Waals surface area contributed by atoms with Crippen LogP contribution in [-0.4, -0.2) is 46.0 Å². The van der Waals surface area contributed by atoms with Crippen LogP contribution in [0.4, 0.5) is 4.79 Å². The highest BCUT2D eigenvalue weighted by Gasteiger charge is 2.11. The molecule has 0 atom stereocenters. The molecule has 0 saturated heterocycles. The molecule has 7 heteroatoms. The predicted molar refractivity (Wildman–Crippen MR) is 84.9 cm³/mol. The molecule has 2 rings (SSSR count). The lowest BCUT2D eigenvalue weighted by atomic mass is 10.1. The van der Waals surface area contributed by atoms with E-state index in [0.717, 1.165) is 5.56 Å². The van der Waals surface area contributed by atoms with Gasteiger partial charge in [-0.1, -0.05) is 30.3 Å². The summed E-state index contributed by atoms with van der Waals surface area (Å²) in [6.07, 6.45) is -0.478. The summed E-state index contributed by atoms with van der Waals surface area (Å²) in [7, 11) is 0. The van der Waals surface area contributed by atoms with Crippen molar-refractivity contribution in [2.75, 3.05) is 19.7 Å². The van der Waals surface area contributed by atoms with Gasteiger partial charge in [0.1, 0.15) is 18.1 Å². The monoisotopic (exact) mass is 317 g/mol. The molecule has 1 amide bonds. The zero-order valence-electron chi connectivity index (χ0n) is 12.9. The molecule has 0 saturated carbocycles. The maximum Gasteiger partial charge on any atom is 0.407 e. The number of aromatic nitrogens is 2. The van der Waals surface area contributed by atoms with E-state index in [1.54, 1.807) is 6.92 Å². The van der Waals surface area contributed by atoms with Crippen LogP contribution < -0.4 is 10.3 Å². The Labute approximate surface area is 133 Å². The van der Waals surface area contributed by atoms with Gasteiger partial charge < -0.3 is 14.7 Å². The molecule has 0 radical (unpaired) electrons. The summed E-state index contributed by atoms with van der Waals surface area (Å²) in [4.78, 5) is 23.6. The van der Waals surface area contributed by atoms with Crippen molar-refractivity contribution in [3.8, 4) is 5.75 Å². The van der Waals surface area contributed by atoms with Crippen molar-refractivity contribution < 1.29 is 14.6 Å². The third-order valence-corrected chi connectivity index (χ3v) is 3.33. The normalized spacial score (nSPS) is 10.3. The maximum atomic E-state index is 11.5. The lowest BCUT2D eigenvalue weighted by Gasteiger charge is -2.17. The van der Waals surface area contributed by atoms with Crippen LogP contribution in [0.3, 0.4) is 0 Å². The average molecular weight is 317 g/mol. The van der Waals surface area contributed by atoms with Crippen LogP contribution in [-0.2, 0) is 6.42 Å². The predicted octanol–water partition coefficient (Wildman–Crippen LogP) is 1.74. The van der Waals surface area contributed by atoms with E-state index in [9.17, 15) is 9.59 Å². The number of hydrogen-bond donors (Lipinski definition) is 2. The molecule has 1 aromatic heterocycles. The number of carbonyl (C=O) groups is 1. The number of aromatic amines is 1. The lowest BCUT2D eigenvalue weighted by molar-refractivity contribution is 0.138. The van der Waals surface area contributed by atoms with E-state index in [-0.39, 0.29) is 18.7 Å². The molecule has 0 aliphatic heterocycles. The summed E-state index contributed by atoms with van der Waals surface area (Å²) in [6, 6.07) is 11.0. The Kier molecular flexibility index (Phi) is 5.74. The summed E-state index contributed by atoms with van der Waals surface area (Å²) in [5, 5.41) is 15.4. The molecule has 2 aromatic rings. The molecule has 0 spiro atoms. The van der Waals surface area contributed by atoms with E-state index in [0.29, 0.717) is 24.4 Å². The minimum Gasteiger partial charge on any atom is -0.490 e. The van der Waals surface area contributed by atoms with Gasteiger partial charge in [-0.3, -0.25) is 4.79 Å². The minimum atomic E-state index is -0.996. The van der Waals surface area contributed by atoms with Crippen molar-refractivity contribution in [1.29, 1.82) is 0 Å². The lowest BCUT2D eigenvalue weighted by Crippen LogP contribution is -2.33. The molecule has 0 unspecified atom stereocenters. The summed E-state index contributed by atoms with van der Waals surface area (Å²) in [5.74, 6) is 0.374. The van der Waals surface area contributed by atoms with Gasteiger partial charge in [0.2, 0.25) is 0 Å². The Morgan fingerprint density at radius 3 is 2.74 bits per heavy atom. The Morgan fingerprint density at radius 2 is 2.09 bits per heavy atom. The molecule has 7 nitrogen and oxygen atoms in total. The first kappa shape index (κ1) is 16.5. The molecular weight excluding hydrogens is 298 g/mol. The van der Waals surface area contributed by atoms with E-state index >= 15 is 0 Å². The number of benzene rings is 1. The van der Waals surface area contributed by atoms with Crippen molar-refractivity contribution >= 4 is 6.09 Å². The number of ether oxygens (including phenoxy) is 1. The van der Waals surface area contributed by atoms with Gasteiger partial charge in [-0.2, -0.15) is 5.10 Å². The summed E-state index contributed by atoms with van der Waals surface area (Å²) in [6.45, 7) is 2.52. The van der Waals surface area contributed by atoms with Crippen molar-refractivity contribution in [2.45, 2.75) is 13.3 Å². The van der Waals surface area contributed by atoms with Gasteiger partial charge in [-0.25, -0.2) is 9.89 Å². The van der Waals surface area contributed by atoms with Crippen LogP contribution in [0, 0.1) is 0 Å². The molecular formula is C16H19N3O4. The number of nitrogens with one attached hydrogen (secondary N) is 1. The Bertz CT molecular complexity index is 700. The minimum absolute atomic E-state index is 0.160. The van der Waals surface area contributed by atoms with Crippen LogP contribution in [0.25, 0.3) is 0 Å². The summed E-state index contributed by atoms with van der Waals surface area (Å²) >= 11 is 0. The first-order chi connectivity index (χ1) is 11.1. The molecule has 0 aliphatic carbocycles. The van der Waals surface area contributed by atoms with E-state index in [4.69, 9.17) is 9.84 Å². The average Bonchev–Trinajstić information content (AvgIpc) is 2.54. The van der Waals surface area contributed by atoms with E-state index in [1.807, 2.05) is 30.3 Å². The molecule has 122 valence electrons. The molecule has 0 aliphatic rings.